The number of hydrogen-bond donors (Lipinski definition) is 2. The number of amides is 4. The van der Waals surface area contributed by atoms with Crippen LogP contribution in [0.2, 0.25) is 0 Å². The van der Waals surface area contributed by atoms with E-state index in [0.29, 0.717) is 30.2 Å². The summed E-state index contributed by atoms with van der Waals surface area (Å²) >= 11 is 0. The molecule has 0 aliphatic carbocycles. The van der Waals surface area contributed by atoms with E-state index in [4.69, 9.17) is 13.9 Å². The van der Waals surface area contributed by atoms with Crippen molar-refractivity contribution in [1.29, 1.82) is 0 Å². The lowest BCUT2D eigenvalue weighted by molar-refractivity contribution is -0.131. The second kappa shape index (κ2) is 9.13. The summed E-state index contributed by atoms with van der Waals surface area (Å²) in [5, 5.41) is 5.31. The van der Waals surface area contributed by atoms with Crippen molar-refractivity contribution >= 4 is 17.8 Å². The SMILES string of the molecule is COc1ccc(CCNC(=O)C[C@H]2NC(=O)N(Cc3ccco3)C2=O)cc1OC. The zero-order chi connectivity index (χ0) is 20.8. The van der Waals surface area contributed by atoms with Crippen LogP contribution in [0, 0.1) is 0 Å². The van der Waals surface area contributed by atoms with Gasteiger partial charge in [-0.05, 0) is 36.2 Å². The number of rotatable bonds is 9. The summed E-state index contributed by atoms with van der Waals surface area (Å²) in [6.45, 7) is 0.425. The fourth-order valence-corrected chi connectivity index (χ4v) is 3.06. The summed E-state index contributed by atoms with van der Waals surface area (Å²) in [5.74, 6) is 0.987. The normalized spacial score (nSPS) is 15.9. The van der Waals surface area contributed by atoms with E-state index in [2.05, 4.69) is 10.6 Å². The number of methoxy groups -OCH3 is 2. The highest BCUT2D eigenvalue weighted by atomic mass is 16.5. The maximum absolute atomic E-state index is 12.4. The van der Waals surface area contributed by atoms with Crippen molar-refractivity contribution in [2.24, 2.45) is 0 Å². The molecule has 154 valence electrons. The maximum Gasteiger partial charge on any atom is 0.325 e. The topological polar surface area (TPSA) is 110 Å². The van der Waals surface area contributed by atoms with Crippen molar-refractivity contribution in [3.8, 4) is 11.5 Å². The van der Waals surface area contributed by atoms with Gasteiger partial charge in [0, 0.05) is 6.54 Å². The molecule has 0 spiro atoms. The van der Waals surface area contributed by atoms with Crippen LogP contribution in [0.5, 0.6) is 11.5 Å². The van der Waals surface area contributed by atoms with Crippen LogP contribution in [0.15, 0.2) is 41.0 Å². The van der Waals surface area contributed by atoms with Crippen LogP contribution in [-0.4, -0.2) is 49.6 Å². The van der Waals surface area contributed by atoms with Crippen LogP contribution in [-0.2, 0) is 22.6 Å². The van der Waals surface area contributed by atoms with Gasteiger partial charge in [0.05, 0.1) is 33.4 Å². The summed E-state index contributed by atoms with van der Waals surface area (Å²) in [4.78, 5) is 37.6. The Morgan fingerprint density at radius 3 is 2.69 bits per heavy atom. The first-order valence-corrected chi connectivity index (χ1v) is 9.13. The standard InChI is InChI=1S/C20H23N3O6/c1-27-16-6-5-13(10-17(16)28-2)7-8-21-18(24)11-15-19(25)23(20(26)22-15)12-14-4-3-9-29-14/h3-6,9-10,15H,7-8,11-12H2,1-2H3,(H,21,24)(H,22,26)/t15-/m1/s1. The zero-order valence-corrected chi connectivity index (χ0v) is 16.3. The smallest absolute Gasteiger partial charge is 0.325 e. The van der Waals surface area contributed by atoms with E-state index in [1.54, 1.807) is 32.4 Å². The number of hydrogen-bond acceptors (Lipinski definition) is 6. The number of benzene rings is 1. The van der Waals surface area contributed by atoms with Crippen molar-refractivity contribution in [3.05, 3.63) is 47.9 Å². The van der Waals surface area contributed by atoms with Crippen LogP contribution in [0.1, 0.15) is 17.7 Å². The Hall–Kier alpha value is -3.49. The highest BCUT2D eigenvalue weighted by molar-refractivity contribution is 6.05. The number of urea groups is 1. The van der Waals surface area contributed by atoms with Crippen molar-refractivity contribution in [2.45, 2.75) is 25.4 Å². The van der Waals surface area contributed by atoms with Gasteiger partial charge in [0.1, 0.15) is 11.8 Å². The molecule has 0 saturated carbocycles. The summed E-state index contributed by atoms with van der Waals surface area (Å²) < 4.78 is 15.6. The minimum absolute atomic E-state index is 0.0368. The van der Waals surface area contributed by atoms with Crippen LogP contribution < -0.4 is 20.1 Å². The molecular weight excluding hydrogens is 378 g/mol. The van der Waals surface area contributed by atoms with E-state index in [1.165, 1.54) is 6.26 Å². The molecule has 1 fully saturated rings. The summed E-state index contributed by atoms with van der Waals surface area (Å²) in [7, 11) is 3.13. The van der Waals surface area contributed by atoms with E-state index in [9.17, 15) is 14.4 Å². The van der Waals surface area contributed by atoms with Crippen LogP contribution in [0.3, 0.4) is 0 Å². The molecule has 0 unspecified atom stereocenters. The van der Waals surface area contributed by atoms with Crippen molar-refractivity contribution < 1.29 is 28.3 Å². The van der Waals surface area contributed by atoms with Gasteiger partial charge in [-0.1, -0.05) is 6.07 Å². The lowest BCUT2D eigenvalue weighted by atomic mass is 10.1. The van der Waals surface area contributed by atoms with Gasteiger partial charge < -0.3 is 24.5 Å². The fraction of sp³-hybridized carbons (Fsp3) is 0.350. The number of nitrogens with one attached hydrogen (secondary N) is 2. The van der Waals surface area contributed by atoms with Crippen molar-refractivity contribution in [2.75, 3.05) is 20.8 Å². The fourth-order valence-electron chi connectivity index (χ4n) is 3.06. The van der Waals surface area contributed by atoms with E-state index < -0.39 is 18.0 Å². The Bertz CT molecular complexity index is 880. The summed E-state index contributed by atoms with van der Waals surface area (Å²) in [6, 6.07) is 7.48. The van der Waals surface area contributed by atoms with Gasteiger partial charge in [0.15, 0.2) is 11.5 Å². The number of carbonyl (C=O) groups is 3. The molecule has 29 heavy (non-hydrogen) atoms. The predicted octanol–water partition coefficient (Wildman–Crippen LogP) is 1.47. The Kier molecular flexibility index (Phi) is 6.38. The third-order valence-corrected chi connectivity index (χ3v) is 4.57. The number of imide groups is 1. The molecule has 3 rings (SSSR count). The molecule has 2 N–H and O–H groups in total. The molecule has 9 heteroatoms. The zero-order valence-electron chi connectivity index (χ0n) is 16.3. The second-order valence-electron chi connectivity index (χ2n) is 6.50. The molecule has 1 aliphatic heterocycles. The van der Waals surface area contributed by atoms with Gasteiger partial charge in [-0.25, -0.2) is 4.79 Å². The highest BCUT2D eigenvalue weighted by Gasteiger charge is 2.39. The van der Waals surface area contributed by atoms with Gasteiger partial charge in [-0.2, -0.15) is 0 Å². The van der Waals surface area contributed by atoms with E-state index in [-0.39, 0.29) is 18.9 Å². The third kappa shape index (κ3) is 4.87. The monoisotopic (exact) mass is 401 g/mol. The van der Waals surface area contributed by atoms with Gasteiger partial charge in [0.25, 0.3) is 5.91 Å². The highest BCUT2D eigenvalue weighted by Crippen LogP contribution is 2.27. The van der Waals surface area contributed by atoms with Crippen LogP contribution >= 0.6 is 0 Å². The largest absolute Gasteiger partial charge is 0.493 e. The Balaban J connectivity index is 1.47. The quantitative estimate of drug-likeness (QED) is 0.616. The molecule has 0 bridgehead atoms. The molecule has 1 aromatic heterocycles. The minimum Gasteiger partial charge on any atom is -0.493 e. The van der Waals surface area contributed by atoms with Crippen molar-refractivity contribution in [3.63, 3.8) is 0 Å². The average molecular weight is 401 g/mol. The first-order chi connectivity index (χ1) is 14.0. The van der Waals surface area contributed by atoms with Gasteiger partial charge in [-0.3, -0.25) is 14.5 Å². The first-order valence-electron chi connectivity index (χ1n) is 9.13. The molecule has 1 aliphatic rings. The summed E-state index contributed by atoms with van der Waals surface area (Å²) in [5.41, 5.74) is 0.970. The van der Waals surface area contributed by atoms with Crippen LogP contribution in [0.4, 0.5) is 4.79 Å². The van der Waals surface area contributed by atoms with Gasteiger partial charge in [0.2, 0.25) is 5.91 Å². The number of ether oxygens (including phenoxy) is 2. The molecule has 2 heterocycles. The number of carbonyl (C=O) groups excluding carboxylic acids is 3. The maximum atomic E-state index is 12.4. The molecule has 1 aromatic carbocycles. The Morgan fingerprint density at radius 2 is 2.00 bits per heavy atom. The lowest BCUT2D eigenvalue weighted by Crippen LogP contribution is -2.37. The predicted molar refractivity (Wildman–Crippen MR) is 102 cm³/mol. The van der Waals surface area contributed by atoms with Crippen molar-refractivity contribution in [1.82, 2.24) is 15.5 Å². The third-order valence-electron chi connectivity index (χ3n) is 4.57. The lowest BCUT2D eigenvalue weighted by Gasteiger charge is -2.12. The van der Waals surface area contributed by atoms with E-state index in [1.807, 2.05) is 12.1 Å². The molecule has 0 radical (unpaired) electrons. The molecule has 4 amide bonds. The van der Waals surface area contributed by atoms with Gasteiger partial charge in [-0.15, -0.1) is 0 Å². The van der Waals surface area contributed by atoms with Crippen LogP contribution in [0.25, 0.3) is 0 Å². The minimum atomic E-state index is -0.876. The second-order valence-corrected chi connectivity index (χ2v) is 6.50. The Morgan fingerprint density at radius 1 is 1.21 bits per heavy atom. The number of nitrogens with zero attached hydrogens (tertiary/aromatic N) is 1. The average Bonchev–Trinajstić information content (AvgIpc) is 3.32. The molecule has 2 aromatic rings. The first kappa shape index (κ1) is 20.2. The van der Waals surface area contributed by atoms with E-state index in [0.717, 1.165) is 10.5 Å². The summed E-state index contributed by atoms with van der Waals surface area (Å²) in [6.07, 6.45) is 1.93. The molecule has 1 saturated heterocycles. The van der Waals surface area contributed by atoms with Gasteiger partial charge >= 0.3 is 6.03 Å². The molecule has 1 atom stereocenters. The number of furan rings is 1. The molecule has 9 nitrogen and oxygen atoms in total. The molecular formula is C20H23N3O6. The van der Waals surface area contributed by atoms with E-state index >= 15 is 0 Å². The Labute approximate surface area is 167 Å².